The molecule has 190 valence electrons. The Morgan fingerprint density at radius 1 is 1.00 bits per heavy atom. The van der Waals surface area contributed by atoms with Gasteiger partial charge in [-0.25, -0.2) is 4.79 Å². The normalized spacial score (nSPS) is 18.4. The summed E-state index contributed by atoms with van der Waals surface area (Å²) < 4.78 is 0. The number of carboxylic acids is 1. The molecule has 1 saturated heterocycles. The van der Waals surface area contributed by atoms with Crippen molar-refractivity contribution in [1.29, 1.82) is 0 Å². The van der Waals surface area contributed by atoms with E-state index in [0.29, 0.717) is 63.8 Å². The van der Waals surface area contributed by atoms with Crippen LogP contribution in [-0.2, 0) is 19.2 Å². The number of thioether (sulfide) groups is 2. The molecule has 1 heterocycles. The fraction of sp³-hybridized carbons (Fsp3) is 0.810. The SMILES string of the molecule is CSCCC(N)C(=O)NC(CCSC)C(=O)NC(CCCCN)C(=O)N1CCCC1C(=O)O. The number of hydrogen-bond acceptors (Lipinski definition) is 8. The number of hydrogen-bond donors (Lipinski definition) is 5. The number of carbonyl (C=O) groups is 4. The van der Waals surface area contributed by atoms with Crippen molar-refractivity contribution in [2.45, 2.75) is 69.1 Å². The summed E-state index contributed by atoms with van der Waals surface area (Å²) in [5, 5.41) is 15.0. The zero-order valence-corrected chi connectivity index (χ0v) is 21.2. The standard InChI is InChI=1S/C21H39N5O5S2/c1-32-12-8-14(23)18(27)24-15(9-13-33-2)19(28)25-16(6-3-4-10-22)20(29)26-11-5-7-17(26)21(30)31/h14-17H,3-13,22-23H2,1-2H3,(H,24,27)(H,25,28)(H,30,31). The van der Waals surface area contributed by atoms with Gasteiger partial charge in [0.05, 0.1) is 6.04 Å². The number of aliphatic carboxylic acids is 1. The Morgan fingerprint density at radius 3 is 2.24 bits per heavy atom. The Hall–Kier alpha value is -1.50. The van der Waals surface area contributed by atoms with Crippen LogP contribution >= 0.6 is 23.5 Å². The summed E-state index contributed by atoms with van der Waals surface area (Å²) >= 11 is 3.13. The van der Waals surface area contributed by atoms with Crippen molar-refractivity contribution in [2.24, 2.45) is 11.5 Å². The third-order valence-electron chi connectivity index (χ3n) is 5.60. The molecule has 1 fully saturated rings. The second-order valence-corrected chi connectivity index (χ2v) is 10.1. The highest BCUT2D eigenvalue weighted by Crippen LogP contribution is 2.20. The van der Waals surface area contributed by atoms with E-state index in [1.54, 1.807) is 23.5 Å². The van der Waals surface area contributed by atoms with E-state index in [-0.39, 0.29) is 0 Å². The molecule has 7 N–H and O–H groups in total. The lowest BCUT2D eigenvalue weighted by atomic mass is 10.1. The first-order chi connectivity index (χ1) is 15.8. The van der Waals surface area contributed by atoms with Crippen LogP contribution in [0.4, 0.5) is 0 Å². The molecule has 1 aliphatic heterocycles. The molecule has 10 nitrogen and oxygen atoms in total. The van der Waals surface area contributed by atoms with E-state index >= 15 is 0 Å². The van der Waals surface area contributed by atoms with Gasteiger partial charge in [-0.3, -0.25) is 14.4 Å². The van der Waals surface area contributed by atoms with Crippen LogP contribution in [-0.4, -0.2) is 95.0 Å². The molecule has 4 unspecified atom stereocenters. The fourth-order valence-electron chi connectivity index (χ4n) is 3.67. The Bertz CT molecular complexity index is 655. The fourth-order valence-corrected chi connectivity index (χ4v) is 4.63. The molecule has 0 aromatic carbocycles. The van der Waals surface area contributed by atoms with Crippen LogP contribution < -0.4 is 22.1 Å². The third-order valence-corrected chi connectivity index (χ3v) is 6.88. The van der Waals surface area contributed by atoms with Gasteiger partial charge in [0, 0.05) is 6.54 Å². The molecule has 0 saturated carbocycles. The predicted molar refractivity (Wildman–Crippen MR) is 133 cm³/mol. The average molecular weight is 506 g/mol. The summed E-state index contributed by atoms with van der Waals surface area (Å²) in [5.41, 5.74) is 11.5. The van der Waals surface area contributed by atoms with Crippen molar-refractivity contribution in [3.63, 3.8) is 0 Å². The van der Waals surface area contributed by atoms with Gasteiger partial charge in [0.25, 0.3) is 0 Å². The Balaban J connectivity index is 2.93. The van der Waals surface area contributed by atoms with E-state index in [9.17, 15) is 24.3 Å². The van der Waals surface area contributed by atoms with Crippen molar-refractivity contribution >= 4 is 47.2 Å². The highest BCUT2D eigenvalue weighted by molar-refractivity contribution is 7.98. The number of nitrogens with zero attached hydrogens (tertiary/aromatic N) is 1. The van der Waals surface area contributed by atoms with Gasteiger partial charge < -0.3 is 32.1 Å². The van der Waals surface area contributed by atoms with Crippen molar-refractivity contribution in [3.05, 3.63) is 0 Å². The second kappa shape index (κ2) is 16.2. The lowest BCUT2D eigenvalue weighted by molar-refractivity contribution is -0.149. The predicted octanol–water partition coefficient (Wildman–Crippen LogP) is -0.00590. The topological polar surface area (TPSA) is 168 Å². The molecule has 0 aromatic heterocycles. The maximum atomic E-state index is 13.2. The van der Waals surface area contributed by atoms with Gasteiger partial charge in [0.2, 0.25) is 17.7 Å². The minimum atomic E-state index is -1.04. The van der Waals surface area contributed by atoms with E-state index in [1.807, 2.05) is 12.5 Å². The van der Waals surface area contributed by atoms with Crippen molar-refractivity contribution in [2.75, 3.05) is 37.1 Å². The molecule has 1 rings (SSSR count). The average Bonchev–Trinajstić information content (AvgIpc) is 3.29. The van der Waals surface area contributed by atoms with Crippen LogP contribution in [0.1, 0.15) is 44.9 Å². The Kier molecular flexibility index (Phi) is 14.5. The second-order valence-electron chi connectivity index (χ2n) is 8.10. The first kappa shape index (κ1) is 29.5. The maximum absolute atomic E-state index is 13.2. The molecule has 0 radical (unpaired) electrons. The molecule has 0 bridgehead atoms. The highest BCUT2D eigenvalue weighted by Gasteiger charge is 2.38. The van der Waals surface area contributed by atoms with E-state index in [1.165, 1.54) is 4.90 Å². The van der Waals surface area contributed by atoms with Gasteiger partial charge in [-0.1, -0.05) is 0 Å². The maximum Gasteiger partial charge on any atom is 0.326 e. The number of carbonyl (C=O) groups excluding carboxylic acids is 3. The van der Waals surface area contributed by atoms with E-state index in [0.717, 1.165) is 5.75 Å². The lowest BCUT2D eigenvalue weighted by Crippen LogP contribution is -2.57. The smallest absolute Gasteiger partial charge is 0.326 e. The molecular formula is C21H39N5O5S2. The minimum Gasteiger partial charge on any atom is -0.480 e. The number of nitrogens with two attached hydrogens (primary N) is 2. The van der Waals surface area contributed by atoms with Gasteiger partial charge in [-0.15, -0.1) is 0 Å². The molecule has 0 aliphatic carbocycles. The molecular weight excluding hydrogens is 466 g/mol. The number of rotatable bonds is 16. The van der Waals surface area contributed by atoms with Crippen molar-refractivity contribution < 1.29 is 24.3 Å². The largest absolute Gasteiger partial charge is 0.480 e. The molecule has 33 heavy (non-hydrogen) atoms. The first-order valence-corrected chi connectivity index (χ1v) is 14.1. The quantitative estimate of drug-likeness (QED) is 0.181. The Labute approximate surface area is 204 Å². The summed E-state index contributed by atoms with van der Waals surface area (Å²) in [6.45, 7) is 0.798. The molecule has 12 heteroatoms. The number of nitrogens with one attached hydrogen (secondary N) is 2. The molecule has 3 amide bonds. The summed E-state index contributed by atoms with van der Waals surface area (Å²) in [6.07, 6.45) is 7.35. The van der Waals surface area contributed by atoms with Crippen molar-refractivity contribution in [3.8, 4) is 0 Å². The van der Waals surface area contributed by atoms with Crippen LogP contribution in [0.3, 0.4) is 0 Å². The molecule has 1 aliphatic rings. The lowest BCUT2D eigenvalue weighted by Gasteiger charge is -2.29. The minimum absolute atomic E-state index is 0.343. The number of likely N-dealkylation sites (tertiary alicyclic amines) is 1. The van der Waals surface area contributed by atoms with Crippen molar-refractivity contribution in [1.82, 2.24) is 15.5 Å². The molecule has 4 atom stereocenters. The Morgan fingerprint density at radius 2 is 1.64 bits per heavy atom. The van der Waals surface area contributed by atoms with E-state index in [2.05, 4.69) is 10.6 Å². The summed E-state index contributed by atoms with van der Waals surface area (Å²) in [5.74, 6) is -0.950. The van der Waals surface area contributed by atoms with Gasteiger partial charge in [0.1, 0.15) is 18.1 Å². The van der Waals surface area contributed by atoms with E-state index in [4.69, 9.17) is 11.5 Å². The zero-order valence-electron chi connectivity index (χ0n) is 19.6. The number of carboxylic acid groups (broad SMARTS) is 1. The van der Waals surface area contributed by atoms with Crippen LogP contribution in [0.15, 0.2) is 0 Å². The van der Waals surface area contributed by atoms with Gasteiger partial charge >= 0.3 is 5.97 Å². The number of amides is 3. The zero-order chi connectivity index (χ0) is 24.8. The monoisotopic (exact) mass is 505 g/mol. The summed E-state index contributed by atoms with van der Waals surface area (Å²) in [7, 11) is 0. The van der Waals surface area contributed by atoms with Gasteiger partial charge in [-0.05, 0) is 75.5 Å². The first-order valence-electron chi connectivity index (χ1n) is 11.3. The summed E-state index contributed by atoms with van der Waals surface area (Å²) in [4.78, 5) is 51.7. The molecule has 0 aromatic rings. The molecule has 0 spiro atoms. The van der Waals surface area contributed by atoms with E-state index < -0.39 is 47.9 Å². The highest BCUT2D eigenvalue weighted by atomic mass is 32.2. The van der Waals surface area contributed by atoms with Gasteiger partial charge in [0.15, 0.2) is 0 Å². The van der Waals surface area contributed by atoms with Crippen LogP contribution in [0, 0.1) is 0 Å². The van der Waals surface area contributed by atoms with Crippen LogP contribution in [0.2, 0.25) is 0 Å². The summed E-state index contributed by atoms with van der Waals surface area (Å²) in [6, 6.07) is -3.30. The van der Waals surface area contributed by atoms with Gasteiger partial charge in [-0.2, -0.15) is 23.5 Å². The van der Waals surface area contributed by atoms with Crippen LogP contribution in [0.5, 0.6) is 0 Å². The van der Waals surface area contributed by atoms with Crippen LogP contribution in [0.25, 0.3) is 0 Å². The number of unbranched alkanes of at least 4 members (excludes halogenated alkanes) is 1. The third kappa shape index (κ3) is 10.1.